The van der Waals surface area contributed by atoms with Crippen molar-refractivity contribution in [3.05, 3.63) is 36.7 Å². The number of hydrogen-bond acceptors (Lipinski definition) is 3. The smallest absolute Gasteiger partial charge is 0.323 e. The summed E-state index contributed by atoms with van der Waals surface area (Å²) in [5.74, 6) is 0. The molecule has 0 saturated heterocycles. The lowest BCUT2D eigenvalue weighted by Crippen LogP contribution is -2.31. The highest BCUT2D eigenvalue weighted by Gasteiger charge is 2.13. The van der Waals surface area contributed by atoms with Crippen molar-refractivity contribution in [2.24, 2.45) is 10.7 Å². The molecule has 0 spiro atoms. The van der Waals surface area contributed by atoms with Crippen LogP contribution >= 0.6 is 24.8 Å². The summed E-state index contributed by atoms with van der Waals surface area (Å²) in [4.78, 5) is 17.9. The maximum absolute atomic E-state index is 10.8. The Morgan fingerprint density at radius 2 is 2.00 bits per heavy atom. The first-order valence-electron chi connectivity index (χ1n) is 3.73. The first kappa shape index (κ1) is 13.5. The Kier molecular flexibility index (Phi) is 4.90. The van der Waals surface area contributed by atoms with Crippen molar-refractivity contribution in [3.63, 3.8) is 0 Å². The fourth-order valence-corrected chi connectivity index (χ4v) is 1.08. The lowest BCUT2D eigenvalue weighted by Gasteiger charge is -2.25. The second-order valence-corrected chi connectivity index (χ2v) is 2.58. The predicted octanol–water partition coefficient (Wildman–Crippen LogP) is 1.39. The van der Waals surface area contributed by atoms with Gasteiger partial charge in [-0.05, 0) is 0 Å². The summed E-state index contributed by atoms with van der Waals surface area (Å²) in [5, 5.41) is 0. The summed E-state index contributed by atoms with van der Waals surface area (Å²) in [6.07, 6.45) is 10.1. The minimum Gasteiger partial charge on any atom is -0.351 e. The summed E-state index contributed by atoms with van der Waals surface area (Å²) < 4.78 is 0. The van der Waals surface area contributed by atoms with Crippen LogP contribution in [0.1, 0.15) is 0 Å². The fourth-order valence-electron chi connectivity index (χ4n) is 1.08. The lowest BCUT2D eigenvalue weighted by atomic mass is 10.3. The van der Waals surface area contributed by atoms with E-state index in [1.807, 2.05) is 4.90 Å². The minimum atomic E-state index is -0.508. The molecule has 82 valence electrons. The fraction of sp³-hybridized carbons (Fsp3) is 0. The van der Waals surface area contributed by atoms with Gasteiger partial charge in [-0.25, -0.2) is 4.79 Å². The van der Waals surface area contributed by atoms with Crippen LogP contribution in [0.15, 0.2) is 41.7 Å². The summed E-state index contributed by atoms with van der Waals surface area (Å²) in [7, 11) is 0. The maximum atomic E-state index is 10.8. The number of fused-ring (bicyclic) bond motifs is 1. The highest BCUT2D eigenvalue weighted by atomic mass is 35.5. The second-order valence-electron chi connectivity index (χ2n) is 2.58. The zero-order valence-electron chi connectivity index (χ0n) is 7.61. The molecule has 0 atom stereocenters. The average molecular weight is 249 g/mol. The van der Waals surface area contributed by atoms with Gasteiger partial charge in [-0.3, -0.25) is 9.89 Å². The van der Waals surface area contributed by atoms with Gasteiger partial charge in [0.25, 0.3) is 0 Å². The first-order chi connectivity index (χ1) is 6.27. The largest absolute Gasteiger partial charge is 0.351 e. The van der Waals surface area contributed by atoms with E-state index in [0.717, 1.165) is 5.70 Å². The van der Waals surface area contributed by atoms with Gasteiger partial charge in [-0.1, -0.05) is 0 Å². The van der Waals surface area contributed by atoms with E-state index in [1.54, 1.807) is 37.2 Å². The van der Waals surface area contributed by atoms with Crippen LogP contribution in [-0.2, 0) is 0 Å². The van der Waals surface area contributed by atoms with Crippen molar-refractivity contribution in [1.82, 2.24) is 9.80 Å². The van der Waals surface area contributed by atoms with Crippen molar-refractivity contribution in [3.8, 4) is 0 Å². The van der Waals surface area contributed by atoms with Crippen LogP contribution in [-0.4, -0.2) is 22.0 Å². The number of aliphatic imine (C=N–C) groups is 1. The number of rotatable bonds is 0. The molecule has 0 aromatic heterocycles. The van der Waals surface area contributed by atoms with Crippen molar-refractivity contribution in [1.29, 1.82) is 0 Å². The number of carbonyl (C=O) groups is 1. The lowest BCUT2D eigenvalue weighted by molar-refractivity contribution is 0.234. The van der Waals surface area contributed by atoms with Gasteiger partial charge in [-0.15, -0.1) is 24.8 Å². The minimum absolute atomic E-state index is 0. The van der Waals surface area contributed by atoms with E-state index in [9.17, 15) is 4.79 Å². The number of halogens is 2. The van der Waals surface area contributed by atoms with Crippen LogP contribution in [0, 0.1) is 0 Å². The van der Waals surface area contributed by atoms with Crippen LogP contribution in [0.4, 0.5) is 4.79 Å². The Balaban J connectivity index is 0.000000980. The molecule has 15 heavy (non-hydrogen) atoms. The van der Waals surface area contributed by atoms with Crippen LogP contribution in [0.5, 0.6) is 0 Å². The number of carbonyl (C=O) groups excluding carboxylic acids is 1. The number of urea groups is 1. The first-order valence-corrected chi connectivity index (χ1v) is 3.73. The highest BCUT2D eigenvalue weighted by Crippen LogP contribution is 2.14. The SMILES string of the molecule is Cl.Cl.NC(=O)N1C=CN2C=CN=CC2=C1. The number of amides is 2. The Morgan fingerprint density at radius 1 is 1.27 bits per heavy atom. The van der Waals surface area contributed by atoms with Crippen LogP contribution in [0.2, 0.25) is 0 Å². The molecule has 5 nitrogen and oxygen atoms in total. The van der Waals surface area contributed by atoms with E-state index in [0.29, 0.717) is 0 Å². The molecule has 7 heteroatoms. The molecule has 2 aliphatic rings. The normalized spacial score (nSPS) is 16.1. The zero-order valence-corrected chi connectivity index (χ0v) is 9.24. The molecule has 2 N–H and O–H groups in total. The number of nitrogens with two attached hydrogens (primary N) is 1. The molecule has 0 fully saturated rings. The molecule has 0 saturated carbocycles. The molecule has 0 aliphatic carbocycles. The monoisotopic (exact) mass is 248 g/mol. The van der Waals surface area contributed by atoms with E-state index >= 15 is 0 Å². The molecule has 2 heterocycles. The van der Waals surface area contributed by atoms with Gasteiger partial charge < -0.3 is 10.6 Å². The van der Waals surface area contributed by atoms with Gasteiger partial charge in [0, 0.05) is 31.0 Å². The summed E-state index contributed by atoms with van der Waals surface area (Å²) in [5.41, 5.74) is 5.91. The van der Waals surface area contributed by atoms with Gasteiger partial charge in [0.1, 0.15) is 0 Å². The molecule has 0 radical (unpaired) electrons. The van der Waals surface area contributed by atoms with Crippen molar-refractivity contribution in [2.45, 2.75) is 0 Å². The third kappa shape index (κ3) is 2.74. The van der Waals surface area contributed by atoms with Crippen molar-refractivity contribution in [2.75, 3.05) is 0 Å². The zero-order chi connectivity index (χ0) is 9.26. The standard InChI is InChI=1S/C8H8N4O.2ClH/c9-8(13)12-4-3-11-2-1-10-5-7(11)6-12;;/h1-6H,(H2,9,13);2*1H. The number of allylic oxidation sites excluding steroid dienone is 1. The van der Waals surface area contributed by atoms with Gasteiger partial charge in [0.2, 0.25) is 0 Å². The Morgan fingerprint density at radius 3 is 2.67 bits per heavy atom. The predicted molar refractivity (Wildman–Crippen MR) is 62.6 cm³/mol. The van der Waals surface area contributed by atoms with Gasteiger partial charge >= 0.3 is 6.03 Å². The highest BCUT2D eigenvalue weighted by molar-refractivity contribution is 5.85. The van der Waals surface area contributed by atoms with Crippen LogP contribution in [0.3, 0.4) is 0 Å². The van der Waals surface area contributed by atoms with Crippen molar-refractivity contribution < 1.29 is 4.79 Å². The van der Waals surface area contributed by atoms with E-state index < -0.39 is 6.03 Å². The average Bonchev–Trinajstić information content (AvgIpc) is 2.17. The summed E-state index contributed by atoms with van der Waals surface area (Å²) in [6.45, 7) is 0. The molecule has 0 aromatic carbocycles. The molecule has 0 bridgehead atoms. The molecule has 2 aliphatic heterocycles. The van der Waals surface area contributed by atoms with E-state index in [1.165, 1.54) is 4.90 Å². The van der Waals surface area contributed by atoms with E-state index in [4.69, 9.17) is 5.73 Å². The number of nitrogens with zero attached hydrogens (tertiary/aromatic N) is 3. The number of primary amides is 1. The topological polar surface area (TPSA) is 61.9 Å². The summed E-state index contributed by atoms with van der Waals surface area (Å²) >= 11 is 0. The third-order valence-electron chi connectivity index (χ3n) is 1.73. The molecule has 0 unspecified atom stereocenters. The Labute approximate surface area is 99.4 Å². The summed E-state index contributed by atoms with van der Waals surface area (Å²) in [6, 6.07) is -0.508. The Hall–Kier alpha value is -1.46. The third-order valence-corrected chi connectivity index (χ3v) is 1.73. The van der Waals surface area contributed by atoms with Gasteiger partial charge in [0.15, 0.2) is 0 Å². The van der Waals surface area contributed by atoms with Crippen LogP contribution in [0.25, 0.3) is 0 Å². The molecular weight excluding hydrogens is 239 g/mol. The molecule has 0 aromatic rings. The quantitative estimate of drug-likeness (QED) is 0.705. The van der Waals surface area contributed by atoms with Crippen LogP contribution < -0.4 is 5.73 Å². The maximum Gasteiger partial charge on any atom is 0.323 e. The molecule has 2 amide bonds. The van der Waals surface area contributed by atoms with Gasteiger partial charge in [0.05, 0.1) is 11.9 Å². The second kappa shape index (κ2) is 5.43. The van der Waals surface area contributed by atoms with Crippen molar-refractivity contribution >= 4 is 37.1 Å². The number of hydrogen-bond donors (Lipinski definition) is 1. The van der Waals surface area contributed by atoms with E-state index in [-0.39, 0.29) is 24.8 Å². The molecule has 2 rings (SSSR count). The Bertz CT molecular complexity index is 362. The molecular formula is C8H10Cl2N4O. The van der Waals surface area contributed by atoms with E-state index in [2.05, 4.69) is 4.99 Å². The van der Waals surface area contributed by atoms with Gasteiger partial charge in [-0.2, -0.15) is 0 Å².